The fourth-order valence-corrected chi connectivity index (χ4v) is 6.39. The molecular formula is C50H39BrN6. The summed E-state index contributed by atoms with van der Waals surface area (Å²) in [7, 11) is 0. The minimum Gasteiger partial charge on any atom is -0.399 e. The molecule has 0 spiro atoms. The molecule has 0 fully saturated rings. The number of hydrogen-bond acceptors (Lipinski definition) is 6. The molecule has 8 aromatic rings. The molecule has 0 heterocycles. The van der Waals surface area contributed by atoms with Gasteiger partial charge in [-0.2, -0.15) is 10.5 Å². The number of halogens is 1. The Morgan fingerprint density at radius 3 is 1.11 bits per heavy atom. The third kappa shape index (κ3) is 10.8. The molecule has 0 amide bonds. The summed E-state index contributed by atoms with van der Waals surface area (Å²) in [4.78, 5) is 4.34. The second-order valence-electron chi connectivity index (χ2n) is 12.5. The van der Waals surface area contributed by atoms with Gasteiger partial charge in [-0.05, 0) is 125 Å². The number of nitrogens with one attached hydrogen (secondary N) is 1. The molecule has 8 rings (SSSR count). The third-order valence-corrected chi connectivity index (χ3v) is 9.28. The van der Waals surface area contributed by atoms with E-state index in [1.807, 2.05) is 170 Å². The molecule has 0 aliphatic carbocycles. The molecule has 57 heavy (non-hydrogen) atoms. The summed E-state index contributed by atoms with van der Waals surface area (Å²) < 4.78 is 0.796. The highest BCUT2D eigenvalue weighted by atomic mass is 79.9. The number of nitrogens with two attached hydrogens (primary N) is 1. The van der Waals surface area contributed by atoms with Crippen LogP contribution in [0.15, 0.2) is 223 Å². The molecule has 0 aliphatic rings. The Labute approximate surface area is 343 Å². The van der Waals surface area contributed by atoms with Crippen molar-refractivity contribution in [1.29, 1.82) is 10.5 Å². The van der Waals surface area contributed by atoms with Gasteiger partial charge in [-0.15, -0.1) is 0 Å². The van der Waals surface area contributed by atoms with Gasteiger partial charge in [0.25, 0.3) is 0 Å². The SMILES string of the molecule is N#Cc1ccc(N(c2ccccc2)c2ccccc2)cc1Br.N#Cc1ccc(N(c2ccccc2)c2ccccc2)cc1Nc1ccccc1.Nc1ccccc1. The lowest BCUT2D eigenvalue weighted by Gasteiger charge is -2.26. The van der Waals surface area contributed by atoms with Gasteiger partial charge < -0.3 is 20.9 Å². The number of para-hydroxylation sites is 6. The Morgan fingerprint density at radius 1 is 0.404 bits per heavy atom. The number of benzene rings is 8. The smallest absolute Gasteiger partial charge is 0.101 e. The van der Waals surface area contributed by atoms with Gasteiger partial charge in [-0.1, -0.05) is 109 Å². The van der Waals surface area contributed by atoms with Gasteiger partial charge in [0.15, 0.2) is 0 Å². The average molecular weight is 804 g/mol. The summed E-state index contributed by atoms with van der Waals surface area (Å²) in [5.74, 6) is 0. The molecule has 0 atom stereocenters. The number of anilines is 9. The van der Waals surface area contributed by atoms with Crippen molar-refractivity contribution in [3.8, 4) is 12.1 Å². The van der Waals surface area contributed by atoms with Gasteiger partial charge in [-0.25, -0.2) is 0 Å². The monoisotopic (exact) mass is 802 g/mol. The van der Waals surface area contributed by atoms with E-state index in [9.17, 15) is 5.26 Å². The van der Waals surface area contributed by atoms with Crippen LogP contribution in [0, 0.1) is 22.7 Å². The van der Waals surface area contributed by atoms with Crippen molar-refractivity contribution in [3.05, 3.63) is 234 Å². The predicted octanol–water partition coefficient (Wildman–Crippen LogP) is 13.8. The van der Waals surface area contributed by atoms with Crippen molar-refractivity contribution in [3.63, 3.8) is 0 Å². The van der Waals surface area contributed by atoms with Crippen LogP contribution < -0.4 is 20.9 Å². The van der Waals surface area contributed by atoms with Crippen LogP contribution in [0.25, 0.3) is 0 Å². The first-order valence-electron chi connectivity index (χ1n) is 18.2. The van der Waals surface area contributed by atoms with Crippen molar-refractivity contribution in [1.82, 2.24) is 0 Å². The first-order valence-corrected chi connectivity index (χ1v) is 19.0. The number of nitrogens with zero attached hydrogens (tertiary/aromatic N) is 4. The van der Waals surface area contributed by atoms with E-state index in [1.54, 1.807) is 0 Å². The Bertz CT molecular complexity index is 2440. The zero-order chi connectivity index (χ0) is 39.7. The Kier molecular flexibility index (Phi) is 13.9. The highest BCUT2D eigenvalue weighted by Crippen LogP contribution is 2.38. The van der Waals surface area contributed by atoms with Gasteiger partial charge in [0.2, 0.25) is 0 Å². The highest BCUT2D eigenvalue weighted by Gasteiger charge is 2.15. The summed E-state index contributed by atoms with van der Waals surface area (Å²) in [6.45, 7) is 0. The van der Waals surface area contributed by atoms with E-state index in [4.69, 9.17) is 11.0 Å². The molecule has 0 bridgehead atoms. The van der Waals surface area contributed by atoms with Crippen LogP contribution in [-0.2, 0) is 0 Å². The topological polar surface area (TPSA) is 92.1 Å². The van der Waals surface area contributed by atoms with E-state index in [0.29, 0.717) is 11.1 Å². The average Bonchev–Trinajstić information content (AvgIpc) is 3.27. The van der Waals surface area contributed by atoms with Gasteiger partial charge in [0.05, 0.1) is 16.8 Å². The Balaban J connectivity index is 0.000000168. The lowest BCUT2D eigenvalue weighted by molar-refractivity contribution is 1.28. The molecule has 0 aliphatic heterocycles. The minimum absolute atomic E-state index is 0.605. The zero-order valence-corrected chi connectivity index (χ0v) is 32.6. The van der Waals surface area contributed by atoms with Gasteiger partial charge in [-0.3, -0.25) is 0 Å². The fourth-order valence-electron chi connectivity index (χ4n) is 5.94. The molecule has 0 radical (unpaired) electrons. The molecule has 0 saturated carbocycles. The van der Waals surface area contributed by atoms with Crippen molar-refractivity contribution in [2.24, 2.45) is 0 Å². The standard InChI is InChI=1S/C25H19N3.C19H13BrN2.C6H7N/c26-19-20-16-17-24(18-25(20)27-21-10-4-1-5-11-21)28(22-12-6-2-7-13-22)23-14-8-3-9-15-23;20-19-13-18(12-11-15(19)14-21)22(16-7-3-1-4-8-16)17-9-5-2-6-10-17;7-6-4-2-1-3-5-6/h1-18,27H;1-13H;1-5H,7H2. The van der Waals surface area contributed by atoms with Crippen LogP contribution in [0.1, 0.15) is 11.1 Å². The van der Waals surface area contributed by atoms with E-state index in [-0.39, 0.29) is 0 Å². The van der Waals surface area contributed by atoms with E-state index < -0.39 is 0 Å². The van der Waals surface area contributed by atoms with Gasteiger partial charge in [0.1, 0.15) is 12.1 Å². The first-order chi connectivity index (χ1) is 28.0. The molecule has 0 unspecified atom stereocenters. The lowest BCUT2D eigenvalue weighted by Crippen LogP contribution is -2.10. The quantitative estimate of drug-likeness (QED) is 0.149. The second-order valence-corrected chi connectivity index (χ2v) is 13.4. The molecule has 8 aromatic carbocycles. The van der Waals surface area contributed by atoms with Crippen LogP contribution in [0.4, 0.5) is 51.2 Å². The Morgan fingerprint density at radius 2 is 0.754 bits per heavy atom. The van der Waals surface area contributed by atoms with Crippen molar-refractivity contribution < 1.29 is 0 Å². The molecule has 7 heteroatoms. The van der Waals surface area contributed by atoms with Gasteiger partial charge in [0, 0.05) is 50.0 Å². The first kappa shape index (κ1) is 39.1. The number of hydrogen-bond donors (Lipinski definition) is 2. The molecule has 3 N–H and O–H groups in total. The van der Waals surface area contributed by atoms with Crippen molar-refractivity contribution in [2.75, 3.05) is 20.9 Å². The molecule has 0 saturated heterocycles. The summed E-state index contributed by atoms with van der Waals surface area (Å²) in [5, 5.41) is 22.0. The van der Waals surface area contributed by atoms with Crippen LogP contribution in [-0.4, -0.2) is 0 Å². The Hall–Kier alpha value is -7.58. The summed E-state index contributed by atoms with van der Waals surface area (Å²) in [6, 6.07) is 76.2. The minimum atomic E-state index is 0.605. The second kappa shape index (κ2) is 20.2. The summed E-state index contributed by atoms with van der Waals surface area (Å²) in [6.07, 6.45) is 0. The number of rotatable bonds is 8. The zero-order valence-electron chi connectivity index (χ0n) is 31.0. The molecular weight excluding hydrogens is 764 g/mol. The fraction of sp³-hybridized carbons (Fsp3) is 0. The maximum atomic E-state index is 9.56. The molecule has 6 nitrogen and oxygen atoms in total. The van der Waals surface area contributed by atoms with Crippen LogP contribution in [0.3, 0.4) is 0 Å². The van der Waals surface area contributed by atoms with Crippen molar-refractivity contribution >= 4 is 67.1 Å². The molecule has 276 valence electrons. The maximum absolute atomic E-state index is 9.56. The van der Waals surface area contributed by atoms with E-state index in [0.717, 1.165) is 55.7 Å². The van der Waals surface area contributed by atoms with Gasteiger partial charge >= 0.3 is 0 Å². The predicted molar refractivity (Wildman–Crippen MR) is 240 cm³/mol. The summed E-state index contributed by atoms with van der Waals surface area (Å²) >= 11 is 3.47. The highest BCUT2D eigenvalue weighted by molar-refractivity contribution is 9.10. The van der Waals surface area contributed by atoms with E-state index in [1.165, 1.54) is 0 Å². The van der Waals surface area contributed by atoms with Crippen LogP contribution in [0.2, 0.25) is 0 Å². The summed E-state index contributed by atoms with van der Waals surface area (Å²) in [5.41, 5.74) is 15.4. The number of nitriles is 2. The molecule has 0 aromatic heterocycles. The lowest BCUT2D eigenvalue weighted by atomic mass is 10.1. The normalized spacial score (nSPS) is 9.88. The van der Waals surface area contributed by atoms with Crippen LogP contribution in [0.5, 0.6) is 0 Å². The van der Waals surface area contributed by atoms with Crippen molar-refractivity contribution in [2.45, 2.75) is 0 Å². The van der Waals surface area contributed by atoms with Crippen LogP contribution >= 0.6 is 15.9 Å². The largest absolute Gasteiger partial charge is 0.399 e. The third-order valence-electron chi connectivity index (χ3n) is 8.62. The van der Waals surface area contributed by atoms with E-state index in [2.05, 4.69) is 91.7 Å². The maximum Gasteiger partial charge on any atom is 0.101 e. The van der Waals surface area contributed by atoms with E-state index >= 15 is 0 Å². The number of nitrogen functional groups attached to an aromatic ring is 1.